The van der Waals surface area contributed by atoms with Gasteiger partial charge in [-0.05, 0) is 31.4 Å². The highest BCUT2D eigenvalue weighted by Gasteiger charge is 2.36. The molecule has 2 nitrogen and oxygen atoms in total. The largest absolute Gasteiger partial charge is 0.459 e. The molecular formula is C15H19NO. The first-order valence-electron chi connectivity index (χ1n) is 6.52. The molecule has 0 bridgehead atoms. The molecule has 2 aromatic rings. The normalized spacial score (nSPS) is 25.1. The lowest BCUT2D eigenvalue weighted by Crippen LogP contribution is -2.21. The van der Waals surface area contributed by atoms with Crippen molar-refractivity contribution in [3.8, 4) is 0 Å². The molecule has 3 atom stereocenters. The number of hydrogen-bond donors (Lipinski definition) is 1. The highest BCUT2D eigenvalue weighted by Crippen LogP contribution is 2.35. The van der Waals surface area contributed by atoms with Crippen molar-refractivity contribution in [1.82, 2.24) is 5.32 Å². The maximum Gasteiger partial charge on any atom is 0.134 e. The van der Waals surface area contributed by atoms with Gasteiger partial charge in [-0.2, -0.15) is 0 Å². The van der Waals surface area contributed by atoms with Crippen molar-refractivity contribution in [3.63, 3.8) is 0 Å². The summed E-state index contributed by atoms with van der Waals surface area (Å²) in [7, 11) is 0. The van der Waals surface area contributed by atoms with Gasteiger partial charge in [-0.25, -0.2) is 0 Å². The van der Waals surface area contributed by atoms with E-state index in [-0.39, 0.29) is 0 Å². The van der Waals surface area contributed by atoms with E-state index in [1.165, 1.54) is 18.2 Å². The molecule has 1 saturated carbocycles. The molecule has 0 radical (unpaired) electrons. The van der Waals surface area contributed by atoms with Crippen molar-refractivity contribution in [2.45, 2.75) is 38.8 Å². The zero-order valence-electron chi connectivity index (χ0n) is 10.4. The molecule has 1 N–H and O–H groups in total. The van der Waals surface area contributed by atoms with Crippen LogP contribution in [0.5, 0.6) is 0 Å². The summed E-state index contributed by atoms with van der Waals surface area (Å²) in [5.41, 5.74) is 0.985. The predicted octanol–water partition coefficient (Wildman–Crippen LogP) is 3.88. The Bertz CT molecular complexity index is 483. The molecule has 2 heteroatoms. The Balaban J connectivity index is 1.74. The Morgan fingerprint density at radius 1 is 1.41 bits per heavy atom. The van der Waals surface area contributed by atoms with E-state index < -0.39 is 0 Å². The van der Waals surface area contributed by atoms with Gasteiger partial charge in [0.15, 0.2) is 0 Å². The van der Waals surface area contributed by atoms with Crippen LogP contribution in [-0.2, 0) is 0 Å². The topological polar surface area (TPSA) is 25.2 Å². The van der Waals surface area contributed by atoms with Crippen molar-refractivity contribution in [3.05, 3.63) is 36.1 Å². The molecule has 90 valence electrons. The number of rotatable bonds is 4. The predicted molar refractivity (Wildman–Crippen MR) is 70.0 cm³/mol. The Hall–Kier alpha value is -1.28. The Labute approximate surface area is 102 Å². The van der Waals surface area contributed by atoms with E-state index in [4.69, 9.17) is 4.42 Å². The SMILES string of the molecule is CCC1CC1NC(C)c1cc2ccccc2o1. The third-order valence-corrected chi connectivity index (χ3v) is 3.78. The van der Waals surface area contributed by atoms with E-state index in [0.717, 1.165) is 17.3 Å². The second-order valence-electron chi connectivity index (χ2n) is 5.09. The highest BCUT2D eigenvalue weighted by atomic mass is 16.3. The molecular weight excluding hydrogens is 210 g/mol. The summed E-state index contributed by atoms with van der Waals surface area (Å²) >= 11 is 0. The number of furan rings is 1. The van der Waals surface area contributed by atoms with Crippen molar-refractivity contribution < 1.29 is 4.42 Å². The first kappa shape index (κ1) is 10.8. The maximum absolute atomic E-state index is 5.86. The van der Waals surface area contributed by atoms with Gasteiger partial charge in [0.1, 0.15) is 11.3 Å². The van der Waals surface area contributed by atoms with Gasteiger partial charge in [0.05, 0.1) is 6.04 Å². The molecule has 1 aliphatic carbocycles. The number of hydrogen-bond acceptors (Lipinski definition) is 2. The molecule has 1 aromatic heterocycles. The van der Waals surface area contributed by atoms with Gasteiger partial charge in [0, 0.05) is 11.4 Å². The van der Waals surface area contributed by atoms with E-state index in [1.54, 1.807) is 0 Å². The van der Waals surface area contributed by atoms with Crippen molar-refractivity contribution in [2.24, 2.45) is 5.92 Å². The van der Waals surface area contributed by atoms with Crippen LogP contribution in [0.15, 0.2) is 34.7 Å². The quantitative estimate of drug-likeness (QED) is 0.860. The summed E-state index contributed by atoms with van der Waals surface area (Å²) in [6.07, 6.45) is 2.60. The van der Waals surface area contributed by atoms with E-state index in [2.05, 4.69) is 31.3 Å². The van der Waals surface area contributed by atoms with Gasteiger partial charge < -0.3 is 9.73 Å². The number of fused-ring (bicyclic) bond motifs is 1. The van der Waals surface area contributed by atoms with E-state index >= 15 is 0 Å². The van der Waals surface area contributed by atoms with Gasteiger partial charge in [-0.1, -0.05) is 31.5 Å². The Kier molecular flexibility index (Phi) is 2.67. The summed E-state index contributed by atoms with van der Waals surface area (Å²) < 4.78 is 5.86. The van der Waals surface area contributed by atoms with E-state index in [9.17, 15) is 0 Å². The monoisotopic (exact) mass is 229 g/mol. The number of nitrogens with one attached hydrogen (secondary N) is 1. The second kappa shape index (κ2) is 4.19. The van der Waals surface area contributed by atoms with Gasteiger partial charge >= 0.3 is 0 Å². The number of para-hydroxylation sites is 1. The van der Waals surface area contributed by atoms with Crippen LogP contribution in [0.3, 0.4) is 0 Å². The number of benzene rings is 1. The molecule has 3 unspecified atom stereocenters. The lowest BCUT2D eigenvalue weighted by atomic mass is 10.2. The standard InChI is InChI=1S/C15H19NO/c1-3-11-8-13(11)16-10(2)15-9-12-6-4-5-7-14(12)17-15/h4-7,9-11,13,16H,3,8H2,1-2H3. The summed E-state index contributed by atoms with van der Waals surface area (Å²) in [5.74, 6) is 1.93. The van der Waals surface area contributed by atoms with Crippen LogP contribution in [0, 0.1) is 5.92 Å². The summed E-state index contributed by atoms with van der Waals surface area (Å²) in [6.45, 7) is 4.45. The first-order valence-corrected chi connectivity index (χ1v) is 6.52. The Morgan fingerprint density at radius 2 is 2.24 bits per heavy atom. The van der Waals surface area contributed by atoms with Crippen LogP contribution < -0.4 is 5.32 Å². The molecule has 0 amide bonds. The molecule has 0 saturated heterocycles. The lowest BCUT2D eigenvalue weighted by Gasteiger charge is -2.10. The smallest absolute Gasteiger partial charge is 0.134 e. The second-order valence-corrected chi connectivity index (χ2v) is 5.09. The zero-order valence-corrected chi connectivity index (χ0v) is 10.4. The lowest BCUT2D eigenvalue weighted by molar-refractivity contribution is 0.440. The third-order valence-electron chi connectivity index (χ3n) is 3.78. The van der Waals surface area contributed by atoms with E-state index in [0.29, 0.717) is 12.1 Å². The molecule has 1 aromatic carbocycles. The van der Waals surface area contributed by atoms with E-state index in [1.807, 2.05) is 18.2 Å². The highest BCUT2D eigenvalue weighted by molar-refractivity contribution is 5.77. The van der Waals surface area contributed by atoms with Gasteiger partial charge in [-0.15, -0.1) is 0 Å². The first-order chi connectivity index (χ1) is 8.28. The molecule has 1 fully saturated rings. The minimum atomic E-state index is 0.309. The van der Waals surface area contributed by atoms with Crippen LogP contribution >= 0.6 is 0 Å². The minimum absolute atomic E-state index is 0.309. The average Bonchev–Trinajstić information content (AvgIpc) is 2.94. The summed E-state index contributed by atoms with van der Waals surface area (Å²) in [4.78, 5) is 0. The van der Waals surface area contributed by atoms with Crippen LogP contribution in [0.25, 0.3) is 11.0 Å². The molecule has 0 aliphatic heterocycles. The molecule has 17 heavy (non-hydrogen) atoms. The fourth-order valence-electron chi connectivity index (χ4n) is 2.52. The fourth-order valence-corrected chi connectivity index (χ4v) is 2.52. The Morgan fingerprint density at radius 3 is 2.94 bits per heavy atom. The van der Waals surface area contributed by atoms with Crippen molar-refractivity contribution in [2.75, 3.05) is 0 Å². The van der Waals surface area contributed by atoms with Gasteiger partial charge in [-0.3, -0.25) is 0 Å². The zero-order chi connectivity index (χ0) is 11.8. The molecule has 0 spiro atoms. The molecule has 1 heterocycles. The summed E-state index contributed by atoms with van der Waals surface area (Å²) in [6, 6.07) is 11.3. The van der Waals surface area contributed by atoms with Crippen molar-refractivity contribution in [1.29, 1.82) is 0 Å². The maximum atomic E-state index is 5.86. The van der Waals surface area contributed by atoms with Crippen LogP contribution in [0.1, 0.15) is 38.5 Å². The average molecular weight is 229 g/mol. The van der Waals surface area contributed by atoms with Crippen LogP contribution in [-0.4, -0.2) is 6.04 Å². The fraction of sp³-hybridized carbons (Fsp3) is 0.467. The minimum Gasteiger partial charge on any atom is -0.459 e. The van der Waals surface area contributed by atoms with Crippen LogP contribution in [0.2, 0.25) is 0 Å². The van der Waals surface area contributed by atoms with Gasteiger partial charge in [0.2, 0.25) is 0 Å². The van der Waals surface area contributed by atoms with Crippen molar-refractivity contribution >= 4 is 11.0 Å². The molecule has 3 rings (SSSR count). The third kappa shape index (κ3) is 2.09. The van der Waals surface area contributed by atoms with Crippen LogP contribution in [0.4, 0.5) is 0 Å². The van der Waals surface area contributed by atoms with Gasteiger partial charge in [0.25, 0.3) is 0 Å². The summed E-state index contributed by atoms with van der Waals surface area (Å²) in [5, 5.41) is 4.83. The molecule has 1 aliphatic rings.